The number of ether oxygens (including phenoxy) is 1. The normalized spacial score (nSPS) is 21.4. The molecular formula is C21H27F3N4O2. The van der Waals surface area contributed by atoms with Gasteiger partial charge < -0.3 is 14.6 Å². The molecule has 164 valence electrons. The smallest absolute Gasteiger partial charge is 0.376 e. The molecule has 4 rings (SSSR count). The number of nitrogens with zero attached hydrogens (tertiary/aromatic N) is 3. The Labute approximate surface area is 173 Å². The molecule has 2 aliphatic heterocycles. The van der Waals surface area contributed by atoms with E-state index in [0.717, 1.165) is 32.3 Å². The second kappa shape index (κ2) is 8.93. The number of amides is 1. The van der Waals surface area contributed by atoms with Gasteiger partial charge in [-0.25, -0.2) is 4.98 Å². The Kier molecular flexibility index (Phi) is 6.29. The Balaban J connectivity index is 1.31. The van der Waals surface area contributed by atoms with Crippen LogP contribution in [0.2, 0.25) is 0 Å². The van der Waals surface area contributed by atoms with Crippen molar-refractivity contribution in [1.29, 1.82) is 0 Å². The summed E-state index contributed by atoms with van der Waals surface area (Å²) in [5, 5.41) is 2.92. The Bertz CT molecular complexity index is 869. The van der Waals surface area contributed by atoms with Gasteiger partial charge in [-0.05, 0) is 56.8 Å². The summed E-state index contributed by atoms with van der Waals surface area (Å²) in [4.78, 5) is 18.1. The molecule has 1 atom stereocenters. The van der Waals surface area contributed by atoms with Gasteiger partial charge in [0.05, 0.1) is 23.7 Å². The second-order valence-corrected chi connectivity index (χ2v) is 8.19. The maximum atomic E-state index is 13.5. The molecule has 1 aromatic carbocycles. The van der Waals surface area contributed by atoms with Gasteiger partial charge >= 0.3 is 6.18 Å². The van der Waals surface area contributed by atoms with Gasteiger partial charge in [-0.3, -0.25) is 9.69 Å². The van der Waals surface area contributed by atoms with E-state index in [-0.39, 0.29) is 24.5 Å². The molecule has 2 fully saturated rings. The van der Waals surface area contributed by atoms with Crippen LogP contribution in [0.5, 0.6) is 0 Å². The molecule has 0 spiro atoms. The van der Waals surface area contributed by atoms with E-state index in [1.165, 1.54) is 4.57 Å². The highest BCUT2D eigenvalue weighted by atomic mass is 19.4. The van der Waals surface area contributed by atoms with Gasteiger partial charge in [0.15, 0.2) is 0 Å². The molecule has 0 bridgehead atoms. The monoisotopic (exact) mass is 424 g/mol. The number of alkyl halides is 3. The molecule has 0 aliphatic carbocycles. The number of hydrogen-bond acceptors (Lipinski definition) is 4. The van der Waals surface area contributed by atoms with Crippen LogP contribution in [0.15, 0.2) is 24.3 Å². The van der Waals surface area contributed by atoms with Crippen LogP contribution in [0.25, 0.3) is 11.0 Å². The number of rotatable bonds is 6. The highest BCUT2D eigenvalue weighted by Crippen LogP contribution is 2.33. The number of nitrogens with one attached hydrogen (secondary N) is 1. The van der Waals surface area contributed by atoms with Crippen LogP contribution >= 0.6 is 0 Å². The molecule has 0 unspecified atom stereocenters. The van der Waals surface area contributed by atoms with Crippen LogP contribution < -0.4 is 5.32 Å². The minimum absolute atomic E-state index is 0.0242. The first-order chi connectivity index (χ1) is 14.4. The molecule has 0 saturated carbocycles. The van der Waals surface area contributed by atoms with E-state index in [1.807, 2.05) is 0 Å². The van der Waals surface area contributed by atoms with Crippen LogP contribution in [0.1, 0.15) is 31.5 Å². The molecule has 1 amide bonds. The number of benzene rings is 1. The lowest BCUT2D eigenvalue weighted by Crippen LogP contribution is -2.43. The molecule has 2 aliphatic rings. The van der Waals surface area contributed by atoms with Crippen LogP contribution in [-0.4, -0.2) is 59.2 Å². The Morgan fingerprint density at radius 1 is 1.20 bits per heavy atom. The van der Waals surface area contributed by atoms with E-state index < -0.39 is 12.0 Å². The van der Waals surface area contributed by atoms with Crippen LogP contribution in [-0.2, 0) is 22.3 Å². The van der Waals surface area contributed by atoms with Crippen LogP contribution in [0.3, 0.4) is 0 Å². The van der Waals surface area contributed by atoms with Crippen molar-refractivity contribution in [3.63, 3.8) is 0 Å². The zero-order valence-electron chi connectivity index (χ0n) is 16.8. The summed E-state index contributed by atoms with van der Waals surface area (Å²) < 4.78 is 47.3. The van der Waals surface area contributed by atoms with Gasteiger partial charge in [-0.1, -0.05) is 12.1 Å². The number of hydrogen-bond donors (Lipinski definition) is 1. The van der Waals surface area contributed by atoms with Crippen molar-refractivity contribution in [2.45, 2.75) is 44.5 Å². The molecule has 3 heterocycles. The van der Waals surface area contributed by atoms with E-state index in [1.54, 1.807) is 24.3 Å². The molecule has 1 aromatic heterocycles. The average molecular weight is 424 g/mol. The standard InChI is InChI=1S/C21H27F3N4O2/c22-21(23,24)20-26-17-5-1-2-6-18(17)28(20)13-15-7-9-27(10-8-15)14-19(29)25-12-16-4-3-11-30-16/h1-2,5-6,15-16H,3-4,7-14H2,(H,25,29)/t16-/m1/s1. The van der Waals surface area contributed by atoms with Crippen molar-refractivity contribution in [2.75, 3.05) is 32.8 Å². The molecule has 2 saturated heterocycles. The number of carbonyl (C=O) groups excluding carboxylic acids is 1. The van der Waals surface area contributed by atoms with Crippen molar-refractivity contribution >= 4 is 16.9 Å². The fourth-order valence-electron chi connectivity index (χ4n) is 4.35. The summed E-state index contributed by atoms with van der Waals surface area (Å²) in [7, 11) is 0. The second-order valence-electron chi connectivity index (χ2n) is 8.19. The largest absolute Gasteiger partial charge is 0.449 e. The number of carbonyl (C=O) groups is 1. The zero-order valence-corrected chi connectivity index (χ0v) is 16.8. The quantitative estimate of drug-likeness (QED) is 0.775. The number of piperidine rings is 1. The van der Waals surface area contributed by atoms with E-state index in [9.17, 15) is 18.0 Å². The molecule has 9 heteroatoms. The van der Waals surface area contributed by atoms with Crippen molar-refractivity contribution in [3.8, 4) is 0 Å². The lowest BCUT2D eigenvalue weighted by molar-refractivity contribution is -0.147. The third-order valence-corrected chi connectivity index (χ3v) is 5.97. The van der Waals surface area contributed by atoms with E-state index in [0.29, 0.717) is 37.2 Å². The topological polar surface area (TPSA) is 59.4 Å². The Hall–Kier alpha value is -2.13. The van der Waals surface area contributed by atoms with Gasteiger partial charge in [0.2, 0.25) is 11.7 Å². The molecule has 2 aromatic rings. The minimum Gasteiger partial charge on any atom is -0.376 e. The number of imidazole rings is 1. The van der Waals surface area contributed by atoms with E-state index in [4.69, 9.17) is 4.74 Å². The predicted molar refractivity (Wildman–Crippen MR) is 106 cm³/mol. The first-order valence-corrected chi connectivity index (χ1v) is 10.5. The lowest BCUT2D eigenvalue weighted by atomic mass is 9.96. The Morgan fingerprint density at radius 2 is 1.97 bits per heavy atom. The summed E-state index contributed by atoms with van der Waals surface area (Å²) in [5.41, 5.74) is 0.880. The SMILES string of the molecule is O=C(CN1CCC(Cn2c(C(F)(F)F)nc3ccccc32)CC1)NC[C@H]1CCCO1. The van der Waals surface area contributed by atoms with Gasteiger partial charge in [0.1, 0.15) is 0 Å². The zero-order chi connectivity index (χ0) is 21.1. The van der Waals surface area contributed by atoms with Crippen molar-refractivity contribution in [3.05, 3.63) is 30.1 Å². The average Bonchev–Trinajstić information content (AvgIpc) is 3.36. The summed E-state index contributed by atoms with van der Waals surface area (Å²) >= 11 is 0. The summed E-state index contributed by atoms with van der Waals surface area (Å²) in [6.45, 7) is 3.31. The number of likely N-dealkylation sites (tertiary alicyclic amines) is 1. The van der Waals surface area contributed by atoms with E-state index in [2.05, 4.69) is 15.2 Å². The fourth-order valence-corrected chi connectivity index (χ4v) is 4.35. The molecule has 30 heavy (non-hydrogen) atoms. The Morgan fingerprint density at radius 3 is 2.67 bits per heavy atom. The van der Waals surface area contributed by atoms with Crippen molar-refractivity contribution in [1.82, 2.24) is 19.8 Å². The predicted octanol–water partition coefficient (Wildman–Crippen LogP) is 3.06. The van der Waals surface area contributed by atoms with Gasteiger partial charge in [-0.15, -0.1) is 0 Å². The molecule has 6 nitrogen and oxygen atoms in total. The van der Waals surface area contributed by atoms with Gasteiger partial charge in [0, 0.05) is 19.7 Å². The fraction of sp³-hybridized carbons (Fsp3) is 0.619. The minimum atomic E-state index is -4.49. The lowest BCUT2D eigenvalue weighted by Gasteiger charge is -2.32. The number of halogens is 3. The first-order valence-electron chi connectivity index (χ1n) is 10.5. The molecular weight excluding hydrogens is 397 g/mol. The van der Waals surface area contributed by atoms with Crippen LogP contribution in [0.4, 0.5) is 13.2 Å². The third kappa shape index (κ3) is 4.95. The number of para-hydroxylation sites is 2. The van der Waals surface area contributed by atoms with E-state index >= 15 is 0 Å². The maximum Gasteiger partial charge on any atom is 0.449 e. The van der Waals surface area contributed by atoms with Gasteiger partial charge in [0.25, 0.3) is 0 Å². The van der Waals surface area contributed by atoms with Gasteiger partial charge in [-0.2, -0.15) is 13.2 Å². The third-order valence-electron chi connectivity index (χ3n) is 5.97. The summed E-state index contributed by atoms with van der Waals surface area (Å²) in [6.07, 6.45) is -0.843. The maximum absolute atomic E-state index is 13.5. The molecule has 0 radical (unpaired) electrons. The number of fused-ring (bicyclic) bond motifs is 1. The van der Waals surface area contributed by atoms with Crippen LogP contribution in [0, 0.1) is 5.92 Å². The molecule has 1 N–H and O–H groups in total. The van der Waals surface area contributed by atoms with Crippen molar-refractivity contribution in [2.24, 2.45) is 5.92 Å². The highest BCUT2D eigenvalue weighted by molar-refractivity contribution is 5.78. The summed E-state index contributed by atoms with van der Waals surface area (Å²) in [5.74, 6) is -0.738. The highest BCUT2D eigenvalue weighted by Gasteiger charge is 2.38. The number of aromatic nitrogens is 2. The summed E-state index contributed by atoms with van der Waals surface area (Å²) in [6, 6.07) is 6.73. The van der Waals surface area contributed by atoms with Crippen molar-refractivity contribution < 1.29 is 22.7 Å². The first kappa shape index (κ1) is 21.1.